The third-order valence-corrected chi connectivity index (χ3v) is 3.44. The van der Waals surface area contributed by atoms with E-state index in [9.17, 15) is 0 Å². The zero-order valence-electron chi connectivity index (χ0n) is 11.6. The van der Waals surface area contributed by atoms with Gasteiger partial charge < -0.3 is 0 Å². The third-order valence-electron chi connectivity index (χ3n) is 3.44. The normalized spacial score (nSPS) is 25.1. The van der Waals surface area contributed by atoms with E-state index < -0.39 is 0 Å². The molecule has 3 rings (SSSR count). The molecule has 2 saturated carbocycles. The van der Waals surface area contributed by atoms with Crippen LogP contribution < -0.4 is 0 Å². The van der Waals surface area contributed by atoms with Crippen LogP contribution >= 0.6 is 0 Å². The van der Waals surface area contributed by atoms with Gasteiger partial charge in [-0.05, 0) is 83.7 Å². The number of piperidine rings is 1. The number of hydrogen-bond donors (Lipinski definition) is 0. The summed E-state index contributed by atoms with van der Waals surface area (Å²) in [6.45, 7) is 2.15. The molecule has 3 heteroatoms. The number of likely N-dealkylation sites (tertiary alicyclic amines) is 1. The first-order valence-corrected chi connectivity index (χ1v) is 6.94. The summed E-state index contributed by atoms with van der Waals surface area (Å²) in [6.07, 6.45) is 21.9. The van der Waals surface area contributed by atoms with Crippen LogP contribution in [0.2, 0.25) is 0 Å². The molecule has 1 atom stereocenters. The van der Waals surface area contributed by atoms with Crippen molar-refractivity contribution in [1.82, 2.24) is 4.90 Å². The van der Waals surface area contributed by atoms with Gasteiger partial charge in [0, 0.05) is 5.92 Å². The Morgan fingerprint density at radius 3 is 1.80 bits per heavy atom. The summed E-state index contributed by atoms with van der Waals surface area (Å²) in [4.78, 5) is 2.29. The number of nitrogens with zero attached hydrogens (tertiary/aromatic N) is 2. The predicted octanol–water partition coefficient (Wildman–Crippen LogP) is 2.79. The first kappa shape index (κ1) is 18.0. The first-order chi connectivity index (χ1) is 9.42. The molecule has 1 unspecified atom stereocenters. The summed E-state index contributed by atoms with van der Waals surface area (Å²) in [5.41, 5.74) is 0. The van der Waals surface area contributed by atoms with Crippen LogP contribution in [0.25, 0.3) is 0 Å². The van der Waals surface area contributed by atoms with Gasteiger partial charge in [-0.3, -0.25) is 4.90 Å². The molecular formula is C17H20FeN2+2. The molecule has 0 aromatic rings. The van der Waals surface area contributed by atoms with Gasteiger partial charge in [0.2, 0.25) is 0 Å². The quantitative estimate of drug-likeness (QED) is 0.734. The summed E-state index contributed by atoms with van der Waals surface area (Å²) in [5, 5.41) is 9.16. The summed E-state index contributed by atoms with van der Waals surface area (Å²) >= 11 is 0. The van der Waals surface area contributed by atoms with Crippen molar-refractivity contribution in [2.45, 2.75) is 25.3 Å². The smallest absolute Gasteiger partial charge is 0.288 e. The average molecular weight is 308 g/mol. The fourth-order valence-electron chi connectivity index (χ4n) is 2.44. The van der Waals surface area contributed by atoms with E-state index in [4.69, 9.17) is 5.26 Å². The Hall–Kier alpha value is -0.0305. The maximum Gasteiger partial charge on any atom is 2.00 e. The zero-order chi connectivity index (χ0) is 13.3. The molecule has 104 valence electrons. The van der Waals surface area contributed by atoms with Gasteiger partial charge in [-0.1, -0.05) is 6.42 Å². The van der Waals surface area contributed by atoms with E-state index in [-0.39, 0.29) is 23.1 Å². The maximum atomic E-state index is 9.16. The fourth-order valence-corrected chi connectivity index (χ4v) is 2.44. The average Bonchev–Trinajstić information content (AvgIpc) is 3.17. The van der Waals surface area contributed by atoms with Crippen LogP contribution in [0.3, 0.4) is 0 Å². The van der Waals surface area contributed by atoms with Crippen LogP contribution in [0.1, 0.15) is 19.3 Å². The van der Waals surface area contributed by atoms with Crippen molar-refractivity contribution in [3.63, 3.8) is 0 Å². The number of rotatable bonds is 2. The molecule has 1 aliphatic heterocycles. The Morgan fingerprint density at radius 2 is 1.35 bits per heavy atom. The van der Waals surface area contributed by atoms with Crippen molar-refractivity contribution in [3.8, 4) is 6.07 Å². The zero-order valence-corrected chi connectivity index (χ0v) is 12.7. The summed E-state index contributed by atoms with van der Waals surface area (Å²) in [5.74, 6) is 1.15. The topological polar surface area (TPSA) is 27.0 Å². The van der Waals surface area contributed by atoms with E-state index in [0.29, 0.717) is 0 Å². The van der Waals surface area contributed by atoms with Gasteiger partial charge >= 0.3 is 17.1 Å². The molecule has 0 spiro atoms. The van der Waals surface area contributed by atoms with Crippen LogP contribution in [-0.2, 0) is 17.1 Å². The molecule has 0 bridgehead atoms. The van der Waals surface area contributed by atoms with Crippen molar-refractivity contribution in [3.05, 3.63) is 63.7 Å². The van der Waals surface area contributed by atoms with E-state index >= 15 is 0 Å². The van der Waals surface area contributed by atoms with Crippen LogP contribution in [-0.4, -0.2) is 24.0 Å². The molecule has 10 radical (unpaired) electrons. The Balaban J connectivity index is 0.000000283. The summed E-state index contributed by atoms with van der Waals surface area (Å²) in [7, 11) is 0. The van der Waals surface area contributed by atoms with E-state index in [1.165, 1.54) is 19.3 Å². The van der Waals surface area contributed by atoms with Gasteiger partial charge in [-0.25, -0.2) is 0 Å². The van der Waals surface area contributed by atoms with Crippen LogP contribution in [0, 0.1) is 75.0 Å². The summed E-state index contributed by atoms with van der Waals surface area (Å²) in [6, 6.07) is 2.38. The van der Waals surface area contributed by atoms with Gasteiger partial charge in [0.1, 0.15) is 6.04 Å². The van der Waals surface area contributed by atoms with E-state index in [1.807, 2.05) is 57.8 Å². The molecule has 1 heterocycles. The molecule has 1 saturated heterocycles. The SMILES string of the molecule is N#CC([C]1[CH][CH][CH][CH]1)N1CCCCC1.[CH]1[CH][CH][CH][CH]1.[Fe+2]. The minimum absolute atomic E-state index is 0. The maximum absolute atomic E-state index is 9.16. The fraction of sp³-hybridized carbons (Fsp3) is 0.353. The molecule has 3 aliphatic rings. The minimum atomic E-state index is -0.0229. The third kappa shape index (κ3) is 5.76. The molecular weight excluding hydrogens is 288 g/mol. The number of hydrogen-bond acceptors (Lipinski definition) is 2. The molecule has 20 heavy (non-hydrogen) atoms. The Morgan fingerprint density at radius 1 is 0.850 bits per heavy atom. The van der Waals surface area contributed by atoms with Gasteiger partial charge in [-0.2, -0.15) is 5.26 Å². The second-order valence-corrected chi connectivity index (χ2v) is 4.81. The largest absolute Gasteiger partial charge is 2.00 e. The van der Waals surface area contributed by atoms with Crippen LogP contribution in [0.15, 0.2) is 0 Å². The van der Waals surface area contributed by atoms with Crippen molar-refractivity contribution < 1.29 is 17.1 Å². The van der Waals surface area contributed by atoms with Gasteiger partial charge in [0.15, 0.2) is 0 Å². The van der Waals surface area contributed by atoms with Crippen LogP contribution in [0.4, 0.5) is 0 Å². The molecule has 0 aromatic heterocycles. The Labute approximate surface area is 135 Å². The van der Waals surface area contributed by atoms with E-state index in [1.54, 1.807) is 0 Å². The summed E-state index contributed by atoms with van der Waals surface area (Å²) < 4.78 is 0. The van der Waals surface area contributed by atoms with Crippen LogP contribution in [0.5, 0.6) is 0 Å². The monoisotopic (exact) mass is 308 g/mol. The minimum Gasteiger partial charge on any atom is -0.288 e. The molecule has 2 nitrogen and oxygen atoms in total. The van der Waals surface area contributed by atoms with Crippen molar-refractivity contribution in [2.24, 2.45) is 0 Å². The van der Waals surface area contributed by atoms with Gasteiger partial charge in [0.25, 0.3) is 0 Å². The predicted molar refractivity (Wildman–Crippen MR) is 76.8 cm³/mol. The van der Waals surface area contributed by atoms with E-state index in [2.05, 4.69) is 11.0 Å². The van der Waals surface area contributed by atoms with E-state index in [0.717, 1.165) is 19.0 Å². The van der Waals surface area contributed by atoms with Crippen molar-refractivity contribution >= 4 is 0 Å². The molecule has 0 N–H and O–H groups in total. The molecule has 3 fully saturated rings. The standard InChI is InChI=1S/C12H15N2.C5H5.Fe/c13-10-12(11-6-2-3-7-11)14-8-4-1-5-9-14;1-2-4-5-3-1;/h2-3,6-7,12H,1,4-5,8-9H2;1-5H;/q;;+2. The second-order valence-electron chi connectivity index (χ2n) is 4.81. The molecule has 0 aromatic carbocycles. The van der Waals surface area contributed by atoms with Crippen molar-refractivity contribution in [1.29, 1.82) is 5.26 Å². The van der Waals surface area contributed by atoms with Crippen molar-refractivity contribution in [2.75, 3.05) is 13.1 Å². The first-order valence-electron chi connectivity index (χ1n) is 6.94. The van der Waals surface area contributed by atoms with Gasteiger partial charge in [0.05, 0.1) is 6.07 Å². The Bertz CT molecular complexity index is 264. The Kier molecular flexibility index (Phi) is 9.61. The van der Waals surface area contributed by atoms with Gasteiger partial charge in [-0.15, -0.1) is 0 Å². The second kappa shape index (κ2) is 10.7. The molecule has 2 aliphatic carbocycles. The molecule has 0 amide bonds. The number of nitriles is 1.